The van der Waals surface area contributed by atoms with Crippen molar-refractivity contribution in [2.45, 2.75) is 44.8 Å². The van der Waals surface area contributed by atoms with Gasteiger partial charge in [0.1, 0.15) is 0 Å². The number of aliphatic hydroxyl groups is 1. The quantitative estimate of drug-likeness (QED) is 0.718. The summed E-state index contributed by atoms with van der Waals surface area (Å²) in [6.07, 6.45) is 4.02. The second-order valence-corrected chi connectivity index (χ2v) is 10.00. The molecule has 2 unspecified atom stereocenters. The molecule has 2 aromatic rings. The maximum atomic E-state index is 13.3. The van der Waals surface area contributed by atoms with Gasteiger partial charge < -0.3 is 10.4 Å². The van der Waals surface area contributed by atoms with E-state index in [0.717, 1.165) is 50.9 Å². The van der Waals surface area contributed by atoms with Crippen LogP contribution in [0.3, 0.4) is 0 Å². The van der Waals surface area contributed by atoms with Crippen molar-refractivity contribution in [1.82, 2.24) is 10.2 Å². The van der Waals surface area contributed by atoms with Crippen LogP contribution in [0.2, 0.25) is 0 Å². The Hall–Kier alpha value is -2.17. The predicted octanol–water partition coefficient (Wildman–Crippen LogP) is 3.87. The molecule has 1 saturated heterocycles. The molecule has 2 N–H and O–H groups in total. The Balaban J connectivity index is 1.16. The van der Waals surface area contributed by atoms with Crippen molar-refractivity contribution in [2.24, 2.45) is 23.7 Å². The van der Waals surface area contributed by atoms with Gasteiger partial charge in [0, 0.05) is 32.1 Å². The molecule has 4 heteroatoms. The highest BCUT2D eigenvalue weighted by Crippen LogP contribution is 2.51. The summed E-state index contributed by atoms with van der Waals surface area (Å²) in [5, 5.41) is 14.7. The van der Waals surface area contributed by atoms with Gasteiger partial charge in [-0.05, 0) is 48.6 Å². The third-order valence-electron chi connectivity index (χ3n) is 7.98. The molecule has 1 aliphatic heterocycles. The maximum Gasteiger partial charge on any atom is 0.256 e. The van der Waals surface area contributed by atoms with E-state index >= 15 is 0 Å². The number of likely N-dealkylation sites (tertiary alicyclic amines) is 1. The second kappa shape index (κ2) is 8.40. The second-order valence-electron chi connectivity index (χ2n) is 10.00. The van der Waals surface area contributed by atoms with E-state index in [1.807, 2.05) is 30.3 Å². The standard InChI is InChI=1S/C27H34N2O2/c1-19-11-13-20(14-12-19)16-29-17-24-23(25(24)18-29)15-28-26(30)27(31,22-9-5-6-10-22)21-7-3-2-4-8-21/h2-4,7-8,11-14,22-25,31H,5-6,9-10,15-18H2,1H3,(H,28,30)/t23?,24?,25?,27-/m1/s1. The summed E-state index contributed by atoms with van der Waals surface area (Å²) in [6, 6.07) is 18.4. The fraction of sp³-hybridized carbons (Fsp3) is 0.519. The smallest absolute Gasteiger partial charge is 0.256 e. The van der Waals surface area contributed by atoms with Crippen molar-refractivity contribution in [3.63, 3.8) is 0 Å². The Bertz CT molecular complexity index is 895. The van der Waals surface area contributed by atoms with Gasteiger partial charge >= 0.3 is 0 Å². The topological polar surface area (TPSA) is 52.6 Å². The van der Waals surface area contributed by atoms with Gasteiger partial charge in [0.2, 0.25) is 0 Å². The van der Waals surface area contributed by atoms with Crippen LogP contribution in [0.1, 0.15) is 42.4 Å². The molecule has 1 heterocycles. The third kappa shape index (κ3) is 4.04. The van der Waals surface area contributed by atoms with Crippen LogP contribution < -0.4 is 5.32 Å². The van der Waals surface area contributed by atoms with Crippen molar-refractivity contribution in [2.75, 3.05) is 19.6 Å². The lowest BCUT2D eigenvalue weighted by atomic mass is 9.79. The molecule has 0 aromatic heterocycles. The zero-order valence-corrected chi connectivity index (χ0v) is 18.5. The average molecular weight is 419 g/mol. The molecule has 31 heavy (non-hydrogen) atoms. The van der Waals surface area contributed by atoms with Gasteiger partial charge in [0.05, 0.1) is 0 Å². The number of piperidine rings is 1. The number of fused-ring (bicyclic) bond motifs is 1. The van der Waals surface area contributed by atoms with Gasteiger partial charge in [0.25, 0.3) is 5.91 Å². The zero-order valence-electron chi connectivity index (χ0n) is 18.5. The molecular formula is C27H34N2O2. The summed E-state index contributed by atoms with van der Waals surface area (Å²) < 4.78 is 0. The minimum absolute atomic E-state index is 0.0126. The largest absolute Gasteiger partial charge is 0.375 e. The Kier molecular flexibility index (Phi) is 5.61. The molecule has 1 amide bonds. The number of carbonyl (C=O) groups excluding carboxylic acids is 1. The molecule has 3 fully saturated rings. The van der Waals surface area contributed by atoms with E-state index in [1.165, 1.54) is 11.1 Å². The number of aryl methyl sites for hydroxylation is 1. The summed E-state index contributed by atoms with van der Waals surface area (Å²) in [5.74, 6) is 1.73. The number of hydrogen-bond donors (Lipinski definition) is 2. The van der Waals surface area contributed by atoms with E-state index in [-0.39, 0.29) is 11.8 Å². The molecule has 3 atom stereocenters. The van der Waals surface area contributed by atoms with E-state index in [4.69, 9.17) is 0 Å². The summed E-state index contributed by atoms with van der Waals surface area (Å²) >= 11 is 0. The van der Waals surface area contributed by atoms with Crippen LogP contribution in [0.4, 0.5) is 0 Å². The van der Waals surface area contributed by atoms with Crippen LogP contribution in [0, 0.1) is 30.6 Å². The molecule has 164 valence electrons. The normalized spacial score (nSPS) is 27.6. The van der Waals surface area contributed by atoms with Gasteiger partial charge in [-0.3, -0.25) is 9.69 Å². The van der Waals surface area contributed by atoms with Crippen LogP contribution in [0.5, 0.6) is 0 Å². The lowest BCUT2D eigenvalue weighted by molar-refractivity contribution is -0.147. The first-order valence-corrected chi connectivity index (χ1v) is 11.9. The predicted molar refractivity (Wildman–Crippen MR) is 122 cm³/mol. The highest BCUT2D eigenvalue weighted by molar-refractivity contribution is 5.86. The summed E-state index contributed by atoms with van der Waals surface area (Å²) in [4.78, 5) is 15.8. The summed E-state index contributed by atoms with van der Waals surface area (Å²) in [5.41, 5.74) is 2.01. The lowest BCUT2D eigenvalue weighted by Crippen LogP contribution is -2.49. The minimum Gasteiger partial charge on any atom is -0.375 e. The fourth-order valence-corrected chi connectivity index (χ4v) is 6.05. The van der Waals surface area contributed by atoms with Crippen LogP contribution >= 0.6 is 0 Å². The number of hydrogen-bond acceptors (Lipinski definition) is 3. The van der Waals surface area contributed by atoms with Gasteiger partial charge in [0.15, 0.2) is 5.60 Å². The number of nitrogens with one attached hydrogen (secondary N) is 1. The Labute approximate surface area is 185 Å². The first kappa shape index (κ1) is 20.7. The molecule has 0 bridgehead atoms. The Morgan fingerprint density at radius 2 is 1.68 bits per heavy atom. The Morgan fingerprint density at radius 1 is 1.03 bits per heavy atom. The van der Waals surface area contributed by atoms with Gasteiger partial charge in [-0.25, -0.2) is 0 Å². The molecule has 5 rings (SSSR count). The van der Waals surface area contributed by atoms with E-state index in [0.29, 0.717) is 24.3 Å². The van der Waals surface area contributed by atoms with E-state index < -0.39 is 5.60 Å². The Morgan fingerprint density at radius 3 is 2.32 bits per heavy atom. The van der Waals surface area contributed by atoms with E-state index in [9.17, 15) is 9.90 Å². The van der Waals surface area contributed by atoms with Gasteiger partial charge in [-0.15, -0.1) is 0 Å². The van der Waals surface area contributed by atoms with E-state index in [2.05, 4.69) is 41.4 Å². The highest BCUT2D eigenvalue weighted by atomic mass is 16.3. The fourth-order valence-electron chi connectivity index (χ4n) is 6.05. The van der Waals surface area contributed by atoms with Crippen molar-refractivity contribution in [1.29, 1.82) is 0 Å². The molecule has 4 nitrogen and oxygen atoms in total. The van der Waals surface area contributed by atoms with Crippen LogP contribution in [0.15, 0.2) is 54.6 Å². The average Bonchev–Trinajstić information content (AvgIpc) is 3.18. The summed E-state index contributed by atoms with van der Waals surface area (Å²) in [7, 11) is 0. The van der Waals surface area contributed by atoms with Crippen molar-refractivity contribution < 1.29 is 9.90 Å². The minimum atomic E-state index is -1.40. The van der Waals surface area contributed by atoms with Crippen LogP contribution in [-0.4, -0.2) is 35.5 Å². The molecule has 0 spiro atoms. The van der Waals surface area contributed by atoms with Gasteiger partial charge in [-0.2, -0.15) is 0 Å². The van der Waals surface area contributed by atoms with E-state index in [1.54, 1.807) is 0 Å². The van der Waals surface area contributed by atoms with Crippen LogP contribution in [-0.2, 0) is 16.9 Å². The summed E-state index contributed by atoms with van der Waals surface area (Å²) in [6.45, 7) is 6.06. The number of rotatable bonds is 7. The van der Waals surface area contributed by atoms with Crippen molar-refractivity contribution in [3.8, 4) is 0 Å². The molecule has 3 aliphatic rings. The third-order valence-corrected chi connectivity index (χ3v) is 7.98. The zero-order chi connectivity index (χ0) is 21.4. The number of benzene rings is 2. The number of amides is 1. The number of nitrogens with zero attached hydrogens (tertiary/aromatic N) is 1. The maximum absolute atomic E-state index is 13.3. The molecular weight excluding hydrogens is 384 g/mol. The van der Waals surface area contributed by atoms with Crippen molar-refractivity contribution in [3.05, 3.63) is 71.3 Å². The van der Waals surface area contributed by atoms with Crippen LogP contribution in [0.25, 0.3) is 0 Å². The molecule has 2 aromatic carbocycles. The van der Waals surface area contributed by atoms with Gasteiger partial charge in [-0.1, -0.05) is 73.0 Å². The molecule has 0 radical (unpaired) electrons. The molecule has 2 saturated carbocycles. The van der Waals surface area contributed by atoms with Crippen molar-refractivity contribution >= 4 is 5.91 Å². The first-order valence-electron chi connectivity index (χ1n) is 11.9. The highest BCUT2D eigenvalue weighted by Gasteiger charge is 2.55. The molecule has 2 aliphatic carbocycles. The lowest BCUT2D eigenvalue weighted by Gasteiger charge is -2.33. The first-order chi connectivity index (χ1) is 15.1. The SMILES string of the molecule is Cc1ccc(CN2CC3C(CNC(=O)[C@@](O)(c4ccccc4)C4CCCC4)C3C2)cc1. The monoisotopic (exact) mass is 418 g/mol. The number of carbonyl (C=O) groups is 1.